The third-order valence-corrected chi connectivity index (χ3v) is 4.95. The summed E-state index contributed by atoms with van der Waals surface area (Å²) in [5.74, 6) is -0.270. The van der Waals surface area contributed by atoms with Gasteiger partial charge in [-0.2, -0.15) is 0 Å². The molecule has 1 atom stereocenters. The van der Waals surface area contributed by atoms with Crippen LogP contribution >= 0.6 is 34.8 Å². The Morgan fingerprint density at radius 3 is 2.45 bits per heavy atom. The van der Waals surface area contributed by atoms with E-state index in [0.29, 0.717) is 5.84 Å². The average molecular weight is 480 g/mol. The Morgan fingerprint density at radius 2 is 1.74 bits per heavy atom. The fraction of sp³-hybridized carbons (Fsp3) is 0.143. The molecule has 0 fully saturated rings. The van der Waals surface area contributed by atoms with Crippen molar-refractivity contribution in [1.82, 2.24) is 5.32 Å². The van der Waals surface area contributed by atoms with E-state index >= 15 is 0 Å². The first-order chi connectivity index (χ1) is 14.6. The molecule has 3 aromatic carbocycles. The van der Waals surface area contributed by atoms with Gasteiger partial charge in [-0.25, -0.2) is 4.99 Å². The van der Waals surface area contributed by atoms with E-state index in [-0.39, 0.29) is 11.3 Å². The summed E-state index contributed by atoms with van der Waals surface area (Å²) in [5.41, 5.74) is 0.617. The second-order valence-corrected chi connectivity index (χ2v) is 8.96. The first-order valence-electron chi connectivity index (χ1n) is 9.06. The van der Waals surface area contributed by atoms with E-state index in [1.807, 2.05) is 42.5 Å². The van der Waals surface area contributed by atoms with Gasteiger partial charge in [0.25, 0.3) is 11.6 Å². The lowest BCUT2D eigenvalue weighted by Crippen LogP contribution is -2.43. The predicted molar refractivity (Wildman–Crippen MR) is 125 cm³/mol. The van der Waals surface area contributed by atoms with E-state index in [2.05, 4.69) is 15.6 Å². The van der Waals surface area contributed by atoms with Crippen LogP contribution in [0.5, 0.6) is 0 Å². The quantitative estimate of drug-likeness (QED) is 0.161. The molecule has 7 nitrogen and oxygen atoms in total. The standard InChI is InChI=1S/C21H17Cl3N4O3/c1-13(25-18-11-5-7-14-6-2-3-10-17(14)18)26-20(21(22,23)24)27-19(29)15-8-4-9-16(12-15)28(30)31/h2-12,20H,1H3,(H,25,26)(H,27,29). The van der Waals surface area contributed by atoms with E-state index < -0.39 is 20.8 Å². The van der Waals surface area contributed by atoms with Crippen LogP contribution in [0.15, 0.2) is 71.7 Å². The van der Waals surface area contributed by atoms with Crippen molar-refractivity contribution in [2.75, 3.05) is 5.32 Å². The van der Waals surface area contributed by atoms with Crippen LogP contribution in [-0.4, -0.2) is 26.6 Å². The minimum Gasteiger partial charge on any atom is -0.344 e. The van der Waals surface area contributed by atoms with Crippen LogP contribution in [0.2, 0.25) is 0 Å². The van der Waals surface area contributed by atoms with Crippen molar-refractivity contribution < 1.29 is 9.72 Å². The molecule has 160 valence electrons. The molecule has 0 radical (unpaired) electrons. The summed E-state index contributed by atoms with van der Waals surface area (Å²) in [5, 5.41) is 18.6. The number of carbonyl (C=O) groups excluding carboxylic acids is 1. The lowest BCUT2D eigenvalue weighted by Gasteiger charge is -2.23. The number of carbonyl (C=O) groups is 1. The van der Waals surface area contributed by atoms with E-state index in [1.54, 1.807) is 6.92 Å². The molecule has 0 aromatic heterocycles. The molecule has 0 aliphatic carbocycles. The van der Waals surface area contributed by atoms with Crippen LogP contribution in [0.1, 0.15) is 17.3 Å². The Hall–Kier alpha value is -2.87. The number of hydrogen-bond acceptors (Lipinski definition) is 4. The Balaban J connectivity index is 1.84. The lowest BCUT2D eigenvalue weighted by atomic mass is 10.1. The maximum absolute atomic E-state index is 12.6. The molecular weight excluding hydrogens is 463 g/mol. The number of alkyl halides is 3. The fourth-order valence-corrected chi connectivity index (χ4v) is 3.22. The minimum absolute atomic E-state index is 0.0447. The number of nitrogens with zero attached hydrogens (tertiary/aromatic N) is 2. The van der Waals surface area contributed by atoms with E-state index in [0.717, 1.165) is 22.5 Å². The number of nitrogens with one attached hydrogen (secondary N) is 2. The number of nitro groups is 1. The first kappa shape index (κ1) is 22.8. The SMILES string of the molecule is CC(=NC(NC(=O)c1cccc([N+](=O)[O-])c1)C(Cl)(Cl)Cl)Nc1cccc2ccccc12. The molecule has 0 spiro atoms. The number of halogens is 3. The number of fused-ring (bicyclic) bond motifs is 1. The van der Waals surface area contributed by atoms with Crippen LogP contribution in [-0.2, 0) is 0 Å². The highest BCUT2D eigenvalue weighted by molar-refractivity contribution is 6.68. The number of rotatable bonds is 5. The second kappa shape index (κ2) is 9.51. The van der Waals surface area contributed by atoms with Gasteiger partial charge in [0, 0.05) is 28.8 Å². The van der Waals surface area contributed by atoms with Gasteiger partial charge in [0.05, 0.1) is 4.92 Å². The van der Waals surface area contributed by atoms with Crippen molar-refractivity contribution in [3.63, 3.8) is 0 Å². The minimum atomic E-state index is -1.96. The van der Waals surface area contributed by atoms with Gasteiger partial charge >= 0.3 is 0 Å². The second-order valence-electron chi connectivity index (χ2n) is 6.59. The molecule has 0 aliphatic heterocycles. The van der Waals surface area contributed by atoms with Crippen molar-refractivity contribution in [3.05, 3.63) is 82.4 Å². The zero-order valence-electron chi connectivity index (χ0n) is 16.2. The van der Waals surface area contributed by atoms with Crippen molar-refractivity contribution in [3.8, 4) is 0 Å². The van der Waals surface area contributed by atoms with Gasteiger partial charge in [-0.15, -0.1) is 0 Å². The Bertz CT molecular complexity index is 1160. The molecule has 0 heterocycles. The van der Waals surface area contributed by atoms with E-state index in [4.69, 9.17) is 34.8 Å². The van der Waals surface area contributed by atoms with Gasteiger partial charge < -0.3 is 10.6 Å². The smallest absolute Gasteiger partial charge is 0.270 e. The molecule has 0 bridgehead atoms. The Labute approximate surface area is 193 Å². The van der Waals surface area contributed by atoms with Gasteiger partial charge in [0.2, 0.25) is 3.79 Å². The summed E-state index contributed by atoms with van der Waals surface area (Å²) in [6.07, 6.45) is -1.24. The highest BCUT2D eigenvalue weighted by atomic mass is 35.6. The van der Waals surface area contributed by atoms with Gasteiger partial charge in [0.1, 0.15) is 5.84 Å². The maximum atomic E-state index is 12.6. The molecule has 3 rings (SSSR count). The summed E-state index contributed by atoms with van der Waals surface area (Å²) in [7, 11) is 0. The number of amides is 1. The normalized spacial score (nSPS) is 13.0. The van der Waals surface area contributed by atoms with Gasteiger partial charge in [-0.05, 0) is 24.4 Å². The number of nitro benzene ring substituents is 1. The number of anilines is 1. The van der Waals surface area contributed by atoms with Crippen molar-refractivity contribution in [1.29, 1.82) is 0 Å². The number of benzene rings is 3. The van der Waals surface area contributed by atoms with Crippen molar-refractivity contribution in [2.24, 2.45) is 4.99 Å². The Morgan fingerprint density at radius 1 is 1.06 bits per heavy atom. The topological polar surface area (TPSA) is 96.6 Å². The summed E-state index contributed by atoms with van der Waals surface area (Å²) < 4.78 is -1.96. The summed E-state index contributed by atoms with van der Waals surface area (Å²) >= 11 is 18.1. The summed E-state index contributed by atoms with van der Waals surface area (Å²) in [6, 6.07) is 18.8. The molecule has 2 N–H and O–H groups in total. The number of hydrogen-bond donors (Lipinski definition) is 2. The third kappa shape index (κ3) is 5.85. The van der Waals surface area contributed by atoms with Crippen LogP contribution in [0.4, 0.5) is 11.4 Å². The lowest BCUT2D eigenvalue weighted by molar-refractivity contribution is -0.384. The van der Waals surface area contributed by atoms with Gasteiger partial charge in [0.15, 0.2) is 6.17 Å². The van der Waals surface area contributed by atoms with E-state index in [9.17, 15) is 14.9 Å². The largest absolute Gasteiger partial charge is 0.344 e. The molecule has 0 aliphatic rings. The molecule has 0 saturated carbocycles. The van der Waals surface area contributed by atoms with Crippen LogP contribution in [0.25, 0.3) is 10.8 Å². The Kier molecular flexibility index (Phi) is 7.00. The molecule has 0 saturated heterocycles. The van der Waals surface area contributed by atoms with Crippen LogP contribution < -0.4 is 10.6 Å². The average Bonchev–Trinajstić information content (AvgIpc) is 2.73. The van der Waals surface area contributed by atoms with Gasteiger partial charge in [-0.3, -0.25) is 14.9 Å². The predicted octanol–water partition coefficient (Wildman–Crippen LogP) is 5.70. The monoisotopic (exact) mass is 478 g/mol. The highest BCUT2D eigenvalue weighted by Gasteiger charge is 2.34. The molecule has 10 heteroatoms. The van der Waals surface area contributed by atoms with Crippen molar-refractivity contribution >= 4 is 68.7 Å². The maximum Gasteiger partial charge on any atom is 0.270 e. The first-order valence-corrected chi connectivity index (χ1v) is 10.2. The van der Waals surface area contributed by atoms with Gasteiger partial charge in [-0.1, -0.05) is 77.3 Å². The fourth-order valence-electron chi connectivity index (χ4n) is 2.91. The zero-order valence-corrected chi connectivity index (χ0v) is 18.4. The molecule has 3 aromatic rings. The highest BCUT2D eigenvalue weighted by Crippen LogP contribution is 2.32. The molecule has 31 heavy (non-hydrogen) atoms. The summed E-state index contributed by atoms with van der Waals surface area (Å²) in [4.78, 5) is 27.3. The third-order valence-electron chi connectivity index (χ3n) is 4.32. The van der Waals surface area contributed by atoms with Crippen LogP contribution in [0, 0.1) is 10.1 Å². The summed E-state index contributed by atoms with van der Waals surface area (Å²) in [6.45, 7) is 1.67. The molecule has 1 amide bonds. The number of non-ortho nitro benzene ring substituents is 1. The molecule has 1 unspecified atom stereocenters. The van der Waals surface area contributed by atoms with Crippen LogP contribution in [0.3, 0.4) is 0 Å². The number of aliphatic imine (C=N–C) groups is 1. The van der Waals surface area contributed by atoms with E-state index in [1.165, 1.54) is 18.2 Å². The number of amidine groups is 1. The van der Waals surface area contributed by atoms with Crippen molar-refractivity contribution in [2.45, 2.75) is 16.9 Å². The molecular formula is C21H17Cl3N4O3. The zero-order chi connectivity index (χ0) is 22.6.